The molecule has 0 aliphatic carbocycles. The van der Waals surface area contributed by atoms with Crippen molar-refractivity contribution in [1.29, 1.82) is 0 Å². The molecule has 0 bridgehead atoms. The largest absolute Gasteiger partial charge is 0.462 e. The van der Waals surface area contributed by atoms with Crippen molar-refractivity contribution in [3.63, 3.8) is 0 Å². The van der Waals surface area contributed by atoms with Crippen molar-refractivity contribution in [3.05, 3.63) is 23.8 Å². The molecule has 0 atom stereocenters. The smallest absolute Gasteiger partial charge is 0.338 e. The molecule has 4 nitrogen and oxygen atoms in total. The lowest BCUT2D eigenvalue weighted by Crippen LogP contribution is -2.10. The molecule has 86 valence electrons. The summed E-state index contributed by atoms with van der Waals surface area (Å²) in [5.74, 6) is 1.27. The summed E-state index contributed by atoms with van der Waals surface area (Å²) in [5, 5.41) is 0. The predicted octanol–water partition coefficient (Wildman–Crippen LogP) is 2.23. The second kappa shape index (κ2) is 4.43. The van der Waals surface area contributed by atoms with E-state index in [9.17, 15) is 4.79 Å². The Balaban J connectivity index is 2.06. The fraction of sp³-hybridized carbons (Fsp3) is 0.417. The Morgan fingerprint density at radius 1 is 1.38 bits per heavy atom. The van der Waals surface area contributed by atoms with E-state index in [4.69, 9.17) is 14.2 Å². The number of benzene rings is 1. The molecule has 2 rings (SSSR count). The van der Waals surface area contributed by atoms with E-state index in [1.54, 1.807) is 18.2 Å². The highest BCUT2D eigenvalue weighted by Gasteiger charge is 2.16. The molecule has 1 aliphatic heterocycles. The zero-order chi connectivity index (χ0) is 11.5. The van der Waals surface area contributed by atoms with Crippen LogP contribution in [0.25, 0.3) is 0 Å². The number of hydrogen-bond donors (Lipinski definition) is 0. The first-order valence-corrected chi connectivity index (χ1v) is 5.23. The van der Waals surface area contributed by atoms with E-state index < -0.39 is 0 Å². The first kappa shape index (κ1) is 10.8. The number of carbonyl (C=O) groups excluding carboxylic acids is 1. The highest BCUT2D eigenvalue weighted by molar-refractivity contribution is 5.90. The van der Waals surface area contributed by atoms with Crippen LogP contribution in [0.4, 0.5) is 0 Å². The first-order chi connectivity index (χ1) is 7.66. The number of hydrogen-bond acceptors (Lipinski definition) is 4. The van der Waals surface area contributed by atoms with Crippen molar-refractivity contribution >= 4 is 5.97 Å². The fourth-order valence-corrected chi connectivity index (χ4v) is 1.35. The van der Waals surface area contributed by atoms with Crippen LogP contribution in [0.5, 0.6) is 11.5 Å². The number of esters is 1. The Kier molecular flexibility index (Phi) is 2.99. The number of carbonyl (C=O) groups is 1. The number of ether oxygens (including phenoxy) is 3. The summed E-state index contributed by atoms with van der Waals surface area (Å²) in [6, 6.07) is 5.04. The van der Waals surface area contributed by atoms with E-state index in [0.29, 0.717) is 29.6 Å². The van der Waals surface area contributed by atoms with Crippen molar-refractivity contribution in [3.8, 4) is 11.5 Å². The van der Waals surface area contributed by atoms with Crippen LogP contribution in [-0.2, 0) is 4.74 Å². The van der Waals surface area contributed by atoms with Gasteiger partial charge in [-0.15, -0.1) is 0 Å². The van der Waals surface area contributed by atoms with Crippen molar-refractivity contribution < 1.29 is 19.0 Å². The van der Waals surface area contributed by atoms with Gasteiger partial charge in [-0.3, -0.25) is 0 Å². The molecule has 0 spiro atoms. The minimum atomic E-state index is -0.327. The predicted molar refractivity (Wildman–Crippen MR) is 57.7 cm³/mol. The molecule has 0 unspecified atom stereocenters. The normalized spacial score (nSPS) is 12.9. The van der Waals surface area contributed by atoms with Gasteiger partial charge < -0.3 is 14.2 Å². The summed E-state index contributed by atoms with van der Waals surface area (Å²) in [6.07, 6.45) is 0. The lowest BCUT2D eigenvalue weighted by molar-refractivity contribution is 0.0458. The summed E-state index contributed by atoms with van der Waals surface area (Å²) in [4.78, 5) is 11.6. The molecule has 1 heterocycles. The number of fused-ring (bicyclic) bond motifs is 1. The average molecular weight is 222 g/mol. The van der Waals surface area contributed by atoms with Crippen molar-refractivity contribution in [2.45, 2.75) is 13.8 Å². The molecule has 1 aliphatic rings. The van der Waals surface area contributed by atoms with Crippen LogP contribution in [0.3, 0.4) is 0 Å². The van der Waals surface area contributed by atoms with Crippen LogP contribution in [0.2, 0.25) is 0 Å². The maximum atomic E-state index is 11.6. The molecular formula is C12H14O4. The Morgan fingerprint density at radius 3 is 2.88 bits per heavy atom. The van der Waals surface area contributed by atoms with Crippen molar-refractivity contribution in [2.75, 3.05) is 13.4 Å². The Hall–Kier alpha value is -1.71. The molecule has 4 heteroatoms. The van der Waals surface area contributed by atoms with E-state index >= 15 is 0 Å². The van der Waals surface area contributed by atoms with Gasteiger partial charge in [-0.2, -0.15) is 0 Å². The molecule has 16 heavy (non-hydrogen) atoms. The lowest BCUT2D eigenvalue weighted by Gasteiger charge is -2.07. The Morgan fingerprint density at radius 2 is 2.12 bits per heavy atom. The van der Waals surface area contributed by atoms with Gasteiger partial charge in [0.1, 0.15) is 0 Å². The molecule has 0 saturated heterocycles. The van der Waals surface area contributed by atoms with Crippen molar-refractivity contribution in [2.24, 2.45) is 5.92 Å². The van der Waals surface area contributed by atoms with Crippen LogP contribution in [0, 0.1) is 5.92 Å². The van der Waals surface area contributed by atoms with Gasteiger partial charge in [0.05, 0.1) is 12.2 Å². The monoisotopic (exact) mass is 222 g/mol. The van der Waals surface area contributed by atoms with Crippen LogP contribution < -0.4 is 9.47 Å². The van der Waals surface area contributed by atoms with E-state index in [0.717, 1.165) is 0 Å². The summed E-state index contributed by atoms with van der Waals surface area (Å²) in [6.45, 7) is 4.62. The zero-order valence-electron chi connectivity index (χ0n) is 9.36. The van der Waals surface area contributed by atoms with Crippen LogP contribution in [-0.4, -0.2) is 19.4 Å². The zero-order valence-corrected chi connectivity index (χ0v) is 9.36. The standard InChI is InChI=1S/C12H14O4/c1-8(2)6-14-12(13)9-3-4-10-11(5-9)16-7-15-10/h3-5,8H,6-7H2,1-2H3. The van der Waals surface area contributed by atoms with E-state index in [-0.39, 0.29) is 12.8 Å². The van der Waals surface area contributed by atoms with Gasteiger partial charge in [0.15, 0.2) is 11.5 Å². The summed E-state index contributed by atoms with van der Waals surface area (Å²) >= 11 is 0. The third-order valence-corrected chi connectivity index (χ3v) is 2.16. The SMILES string of the molecule is CC(C)COC(=O)c1ccc2c(c1)OCO2. The van der Waals surface area contributed by atoms with Crippen LogP contribution in [0.15, 0.2) is 18.2 Å². The summed E-state index contributed by atoms with van der Waals surface area (Å²) in [7, 11) is 0. The maximum absolute atomic E-state index is 11.6. The highest BCUT2D eigenvalue weighted by Crippen LogP contribution is 2.32. The molecular weight excluding hydrogens is 208 g/mol. The summed E-state index contributed by atoms with van der Waals surface area (Å²) in [5.41, 5.74) is 0.491. The summed E-state index contributed by atoms with van der Waals surface area (Å²) < 4.78 is 15.5. The van der Waals surface area contributed by atoms with Crippen LogP contribution >= 0.6 is 0 Å². The van der Waals surface area contributed by atoms with Gasteiger partial charge in [-0.1, -0.05) is 13.8 Å². The van der Waals surface area contributed by atoms with Gasteiger partial charge in [0.2, 0.25) is 6.79 Å². The fourth-order valence-electron chi connectivity index (χ4n) is 1.35. The third kappa shape index (κ3) is 2.27. The minimum absolute atomic E-state index is 0.208. The van der Waals surface area contributed by atoms with E-state index in [1.165, 1.54) is 0 Å². The van der Waals surface area contributed by atoms with E-state index in [1.807, 2.05) is 13.8 Å². The first-order valence-electron chi connectivity index (χ1n) is 5.23. The highest BCUT2D eigenvalue weighted by atomic mass is 16.7. The second-order valence-corrected chi connectivity index (χ2v) is 4.06. The molecule has 1 aromatic carbocycles. The maximum Gasteiger partial charge on any atom is 0.338 e. The second-order valence-electron chi connectivity index (χ2n) is 4.06. The van der Waals surface area contributed by atoms with Gasteiger partial charge in [-0.05, 0) is 24.1 Å². The molecule has 0 N–H and O–H groups in total. The molecule has 0 fully saturated rings. The molecule has 0 radical (unpaired) electrons. The molecule has 1 aromatic rings. The Bertz CT molecular complexity index is 398. The topological polar surface area (TPSA) is 44.8 Å². The average Bonchev–Trinajstić information content (AvgIpc) is 2.72. The van der Waals surface area contributed by atoms with Crippen molar-refractivity contribution in [1.82, 2.24) is 0 Å². The van der Waals surface area contributed by atoms with Gasteiger partial charge >= 0.3 is 5.97 Å². The quantitative estimate of drug-likeness (QED) is 0.735. The lowest BCUT2D eigenvalue weighted by atomic mass is 10.2. The molecule has 0 amide bonds. The molecule has 0 saturated carbocycles. The minimum Gasteiger partial charge on any atom is -0.462 e. The van der Waals surface area contributed by atoms with Gasteiger partial charge in [-0.25, -0.2) is 4.79 Å². The van der Waals surface area contributed by atoms with Gasteiger partial charge in [0, 0.05) is 0 Å². The van der Waals surface area contributed by atoms with Crippen LogP contribution in [0.1, 0.15) is 24.2 Å². The Labute approximate surface area is 94.1 Å². The number of rotatable bonds is 3. The third-order valence-electron chi connectivity index (χ3n) is 2.16. The van der Waals surface area contributed by atoms with Gasteiger partial charge in [0.25, 0.3) is 0 Å². The van der Waals surface area contributed by atoms with E-state index in [2.05, 4.69) is 0 Å². The molecule has 0 aromatic heterocycles.